The highest BCUT2D eigenvalue weighted by Gasteiger charge is 2.17. The minimum Gasteiger partial charge on any atom is -0.374 e. The van der Waals surface area contributed by atoms with Gasteiger partial charge in [0.2, 0.25) is 0 Å². The lowest BCUT2D eigenvalue weighted by molar-refractivity contribution is -0.0117. The average molecular weight is 243 g/mol. The maximum atomic E-state index is 5.74. The average Bonchev–Trinajstić information content (AvgIpc) is 2.27. The fourth-order valence-corrected chi connectivity index (χ4v) is 1.78. The predicted molar refractivity (Wildman–Crippen MR) is 62.8 cm³/mol. The molecule has 0 amide bonds. The van der Waals surface area contributed by atoms with Gasteiger partial charge < -0.3 is 15.0 Å². The minimum atomic E-state index is 0.194. The van der Waals surface area contributed by atoms with Gasteiger partial charge in [0.25, 0.3) is 0 Å². The molecule has 2 rings (SSSR count). The largest absolute Gasteiger partial charge is 0.374 e. The van der Waals surface area contributed by atoms with Crippen molar-refractivity contribution >= 4 is 17.4 Å². The Kier molecular flexibility index (Phi) is 3.93. The summed E-state index contributed by atoms with van der Waals surface area (Å²) in [5, 5.41) is 3.56. The number of morpholine rings is 1. The van der Waals surface area contributed by atoms with E-state index in [0.717, 1.165) is 26.2 Å². The summed E-state index contributed by atoms with van der Waals surface area (Å²) in [6.45, 7) is 3.43. The summed E-state index contributed by atoms with van der Waals surface area (Å²) in [5.41, 5.74) is 0. The predicted octanol–water partition coefficient (Wildman–Crippen LogP) is 0.872. The van der Waals surface area contributed by atoms with E-state index in [1.807, 2.05) is 0 Å². The van der Waals surface area contributed by atoms with Gasteiger partial charge in [0.1, 0.15) is 11.0 Å². The first-order valence-electron chi connectivity index (χ1n) is 5.25. The van der Waals surface area contributed by atoms with Gasteiger partial charge in [-0.1, -0.05) is 11.6 Å². The lowest BCUT2D eigenvalue weighted by atomic mass is 10.3. The van der Waals surface area contributed by atoms with E-state index in [-0.39, 0.29) is 6.10 Å². The maximum absolute atomic E-state index is 5.74. The van der Waals surface area contributed by atoms with E-state index in [9.17, 15) is 0 Å². The summed E-state index contributed by atoms with van der Waals surface area (Å²) >= 11 is 5.74. The standard InChI is InChI=1S/C10H15ClN4O/c1-15-2-3-16-8(7-15)4-13-10-6-12-5-9(11)14-10/h5-6,8H,2-4,7H2,1H3,(H,13,14). The van der Waals surface area contributed by atoms with Crippen molar-refractivity contribution in [1.82, 2.24) is 14.9 Å². The molecule has 1 aliphatic heterocycles. The van der Waals surface area contributed by atoms with Crippen molar-refractivity contribution in [3.8, 4) is 0 Å². The van der Waals surface area contributed by atoms with Crippen molar-refractivity contribution in [3.63, 3.8) is 0 Å². The van der Waals surface area contributed by atoms with Gasteiger partial charge in [-0.2, -0.15) is 0 Å². The normalized spacial score (nSPS) is 22.0. The van der Waals surface area contributed by atoms with Crippen molar-refractivity contribution in [3.05, 3.63) is 17.5 Å². The second kappa shape index (κ2) is 5.43. The van der Waals surface area contributed by atoms with Crippen LogP contribution in [0.3, 0.4) is 0 Å². The van der Waals surface area contributed by atoms with Gasteiger partial charge >= 0.3 is 0 Å². The molecular weight excluding hydrogens is 228 g/mol. The smallest absolute Gasteiger partial charge is 0.149 e. The molecule has 5 nitrogen and oxygen atoms in total. The quantitative estimate of drug-likeness (QED) is 0.853. The van der Waals surface area contributed by atoms with E-state index in [0.29, 0.717) is 11.0 Å². The highest BCUT2D eigenvalue weighted by Crippen LogP contribution is 2.08. The first kappa shape index (κ1) is 11.6. The van der Waals surface area contributed by atoms with Gasteiger partial charge in [-0.05, 0) is 7.05 Å². The van der Waals surface area contributed by atoms with Crippen LogP contribution in [0.25, 0.3) is 0 Å². The number of ether oxygens (including phenoxy) is 1. The maximum Gasteiger partial charge on any atom is 0.149 e. The van der Waals surface area contributed by atoms with Crippen LogP contribution in [0, 0.1) is 0 Å². The molecule has 1 unspecified atom stereocenters. The summed E-state index contributed by atoms with van der Waals surface area (Å²) in [7, 11) is 2.09. The first-order chi connectivity index (χ1) is 7.74. The molecule has 0 bridgehead atoms. The van der Waals surface area contributed by atoms with Crippen LogP contribution in [-0.2, 0) is 4.74 Å². The molecule has 2 heterocycles. The molecule has 0 aromatic carbocycles. The van der Waals surface area contributed by atoms with Gasteiger partial charge in [-0.15, -0.1) is 0 Å². The van der Waals surface area contributed by atoms with Crippen molar-refractivity contribution in [2.45, 2.75) is 6.10 Å². The van der Waals surface area contributed by atoms with Gasteiger partial charge in [-0.3, -0.25) is 4.98 Å². The van der Waals surface area contributed by atoms with Crippen molar-refractivity contribution in [2.75, 3.05) is 38.6 Å². The van der Waals surface area contributed by atoms with Crippen molar-refractivity contribution in [2.24, 2.45) is 0 Å². The molecule has 1 aliphatic rings. The molecule has 1 N–H and O–H groups in total. The van der Waals surface area contributed by atoms with Crippen molar-refractivity contribution in [1.29, 1.82) is 0 Å². The van der Waals surface area contributed by atoms with Crippen LogP contribution in [0.2, 0.25) is 5.15 Å². The first-order valence-corrected chi connectivity index (χ1v) is 5.63. The molecule has 1 aromatic heterocycles. The van der Waals surface area contributed by atoms with Crippen LogP contribution >= 0.6 is 11.6 Å². The zero-order valence-corrected chi connectivity index (χ0v) is 9.94. The summed E-state index contributed by atoms with van der Waals surface area (Å²) in [4.78, 5) is 10.3. The molecular formula is C10H15ClN4O. The molecule has 0 aliphatic carbocycles. The number of rotatable bonds is 3. The fraction of sp³-hybridized carbons (Fsp3) is 0.600. The minimum absolute atomic E-state index is 0.194. The molecule has 1 aromatic rings. The van der Waals surface area contributed by atoms with E-state index in [1.165, 1.54) is 6.20 Å². The Labute approximate surface area is 99.8 Å². The highest BCUT2D eigenvalue weighted by molar-refractivity contribution is 6.29. The molecule has 1 atom stereocenters. The third kappa shape index (κ3) is 3.30. The second-order valence-corrected chi connectivity index (χ2v) is 4.25. The van der Waals surface area contributed by atoms with Crippen LogP contribution in [-0.4, -0.2) is 54.3 Å². The van der Waals surface area contributed by atoms with Crippen LogP contribution < -0.4 is 5.32 Å². The lowest BCUT2D eigenvalue weighted by Gasteiger charge is -2.30. The number of likely N-dealkylation sites (N-methyl/N-ethyl adjacent to an activating group) is 1. The van der Waals surface area contributed by atoms with Crippen molar-refractivity contribution < 1.29 is 4.74 Å². The molecule has 1 fully saturated rings. The summed E-state index contributed by atoms with van der Waals surface area (Å²) in [6, 6.07) is 0. The molecule has 1 saturated heterocycles. The Hall–Kier alpha value is -0.910. The molecule has 88 valence electrons. The fourth-order valence-electron chi connectivity index (χ4n) is 1.64. The Morgan fingerprint density at radius 1 is 1.62 bits per heavy atom. The van der Waals surface area contributed by atoms with Gasteiger partial charge in [0, 0.05) is 19.6 Å². The van der Waals surface area contributed by atoms with E-state index in [4.69, 9.17) is 16.3 Å². The summed E-state index contributed by atoms with van der Waals surface area (Å²) < 4.78 is 5.61. The topological polar surface area (TPSA) is 50.3 Å². The van der Waals surface area contributed by atoms with Gasteiger partial charge in [0.05, 0.1) is 25.1 Å². The molecule has 0 spiro atoms. The van der Waals surface area contributed by atoms with Crippen LogP contribution in [0.5, 0.6) is 0 Å². The number of nitrogens with one attached hydrogen (secondary N) is 1. The van der Waals surface area contributed by atoms with Crippen LogP contribution in [0.1, 0.15) is 0 Å². The summed E-state index contributed by atoms with van der Waals surface area (Å²) in [6.07, 6.45) is 3.36. The third-order valence-electron chi connectivity index (χ3n) is 2.46. The second-order valence-electron chi connectivity index (χ2n) is 3.86. The van der Waals surface area contributed by atoms with E-state index in [2.05, 4.69) is 27.2 Å². The van der Waals surface area contributed by atoms with Gasteiger partial charge in [-0.25, -0.2) is 4.98 Å². The molecule has 0 saturated carbocycles. The van der Waals surface area contributed by atoms with Gasteiger partial charge in [0.15, 0.2) is 0 Å². The Morgan fingerprint density at radius 3 is 3.25 bits per heavy atom. The Balaban J connectivity index is 1.82. The zero-order chi connectivity index (χ0) is 11.4. The van der Waals surface area contributed by atoms with E-state index in [1.54, 1.807) is 6.20 Å². The number of hydrogen-bond donors (Lipinski definition) is 1. The highest BCUT2D eigenvalue weighted by atomic mass is 35.5. The number of hydrogen-bond acceptors (Lipinski definition) is 5. The molecule has 6 heteroatoms. The SMILES string of the molecule is CN1CCOC(CNc2cncc(Cl)n2)C1. The Morgan fingerprint density at radius 2 is 2.50 bits per heavy atom. The van der Waals surface area contributed by atoms with E-state index >= 15 is 0 Å². The zero-order valence-electron chi connectivity index (χ0n) is 9.19. The molecule has 16 heavy (non-hydrogen) atoms. The third-order valence-corrected chi connectivity index (χ3v) is 2.64. The number of nitrogens with zero attached hydrogens (tertiary/aromatic N) is 3. The summed E-state index contributed by atoms with van der Waals surface area (Å²) in [5.74, 6) is 0.685. The lowest BCUT2D eigenvalue weighted by Crippen LogP contribution is -2.43. The number of aromatic nitrogens is 2. The monoisotopic (exact) mass is 242 g/mol. The number of anilines is 1. The molecule has 0 radical (unpaired) electrons. The van der Waals surface area contributed by atoms with Crippen LogP contribution in [0.4, 0.5) is 5.82 Å². The number of halogens is 1. The van der Waals surface area contributed by atoms with E-state index < -0.39 is 0 Å². The van der Waals surface area contributed by atoms with Crippen LogP contribution in [0.15, 0.2) is 12.4 Å². The Bertz CT molecular complexity index is 349.